The summed E-state index contributed by atoms with van der Waals surface area (Å²) < 4.78 is 5.72. The van der Waals surface area contributed by atoms with Crippen molar-refractivity contribution >= 4 is 17.4 Å². The minimum Gasteiger partial charge on any atom is -0.508 e. The Morgan fingerprint density at radius 1 is 1.15 bits per heavy atom. The maximum absolute atomic E-state index is 13.2. The molecule has 182 valence electrons. The Bertz CT molecular complexity index is 1090. The molecule has 1 fully saturated rings. The van der Waals surface area contributed by atoms with Crippen molar-refractivity contribution in [3.8, 4) is 11.5 Å². The van der Waals surface area contributed by atoms with Gasteiger partial charge in [-0.1, -0.05) is 26.0 Å². The van der Waals surface area contributed by atoms with Crippen LogP contribution in [-0.2, 0) is 9.59 Å². The van der Waals surface area contributed by atoms with Gasteiger partial charge >= 0.3 is 0 Å². The SMILES string of the molecule is CCOc1ccc(/C(O)=C2/C(=O)C(=O)N(CCCN(C)C)C2c2cccc(O)c2)cc1C(C)C. The number of carbonyl (C=O) groups is 2. The maximum atomic E-state index is 13.2. The molecule has 1 amide bonds. The molecule has 0 bridgehead atoms. The summed E-state index contributed by atoms with van der Waals surface area (Å²) in [5.41, 5.74) is 1.95. The molecule has 1 aliphatic heterocycles. The van der Waals surface area contributed by atoms with Crippen LogP contribution in [0.4, 0.5) is 0 Å². The lowest BCUT2D eigenvalue weighted by molar-refractivity contribution is -0.139. The molecule has 2 aromatic rings. The highest BCUT2D eigenvalue weighted by Crippen LogP contribution is 2.41. The molecule has 1 heterocycles. The van der Waals surface area contributed by atoms with Crippen LogP contribution in [0.5, 0.6) is 11.5 Å². The summed E-state index contributed by atoms with van der Waals surface area (Å²) in [6, 6.07) is 11.0. The van der Waals surface area contributed by atoms with Gasteiger partial charge in [-0.05, 0) is 81.4 Å². The van der Waals surface area contributed by atoms with Crippen molar-refractivity contribution in [2.75, 3.05) is 33.8 Å². The molecule has 0 aromatic heterocycles. The fraction of sp³-hybridized carbons (Fsp3) is 0.407. The Morgan fingerprint density at radius 3 is 2.50 bits per heavy atom. The Labute approximate surface area is 201 Å². The highest BCUT2D eigenvalue weighted by atomic mass is 16.5. The molecule has 3 rings (SSSR count). The molecule has 7 nitrogen and oxygen atoms in total. The monoisotopic (exact) mass is 466 g/mol. The van der Waals surface area contributed by atoms with Crippen LogP contribution in [0.3, 0.4) is 0 Å². The van der Waals surface area contributed by atoms with Gasteiger partial charge in [-0.15, -0.1) is 0 Å². The zero-order valence-corrected chi connectivity index (χ0v) is 20.5. The van der Waals surface area contributed by atoms with E-state index in [0.29, 0.717) is 30.7 Å². The number of ether oxygens (including phenoxy) is 1. The fourth-order valence-corrected chi connectivity index (χ4v) is 4.30. The summed E-state index contributed by atoms with van der Waals surface area (Å²) in [6.07, 6.45) is 0.663. The van der Waals surface area contributed by atoms with Gasteiger partial charge in [0.05, 0.1) is 18.2 Å². The number of hydrogen-bond donors (Lipinski definition) is 2. The van der Waals surface area contributed by atoms with Crippen LogP contribution in [0, 0.1) is 0 Å². The number of nitrogens with zero attached hydrogens (tertiary/aromatic N) is 2. The Morgan fingerprint density at radius 2 is 1.88 bits per heavy atom. The van der Waals surface area contributed by atoms with E-state index in [1.807, 2.05) is 45.8 Å². The summed E-state index contributed by atoms with van der Waals surface area (Å²) in [6.45, 7) is 7.56. The summed E-state index contributed by atoms with van der Waals surface area (Å²) in [5, 5.41) is 21.4. The third kappa shape index (κ3) is 5.25. The Balaban J connectivity index is 2.13. The first kappa shape index (κ1) is 25.3. The van der Waals surface area contributed by atoms with Gasteiger partial charge in [0.25, 0.3) is 11.7 Å². The van der Waals surface area contributed by atoms with Crippen LogP contribution < -0.4 is 4.74 Å². The molecule has 0 radical (unpaired) electrons. The van der Waals surface area contributed by atoms with E-state index in [0.717, 1.165) is 17.9 Å². The number of likely N-dealkylation sites (tertiary alicyclic amines) is 1. The van der Waals surface area contributed by atoms with Gasteiger partial charge in [-0.3, -0.25) is 9.59 Å². The molecule has 7 heteroatoms. The first-order valence-electron chi connectivity index (χ1n) is 11.6. The van der Waals surface area contributed by atoms with Crippen LogP contribution in [-0.4, -0.2) is 65.5 Å². The third-order valence-corrected chi connectivity index (χ3v) is 5.94. The van der Waals surface area contributed by atoms with Crippen molar-refractivity contribution in [3.63, 3.8) is 0 Å². The summed E-state index contributed by atoms with van der Waals surface area (Å²) >= 11 is 0. The van der Waals surface area contributed by atoms with E-state index in [2.05, 4.69) is 0 Å². The molecule has 0 spiro atoms. The lowest BCUT2D eigenvalue weighted by Gasteiger charge is -2.26. The van der Waals surface area contributed by atoms with Crippen LogP contribution in [0.1, 0.15) is 55.8 Å². The lowest BCUT2D eigenvalue weighted by atomic mass is 9.93. The zero-order chi connectivity index (χ0) is 25.0. The Kier molecular flexibility index (Phi) is 7.99. The van der Waals surface area contributed by atoms with Crippen LogP contribution >= 0.6 is 0 Å². The Hall–Kier alpha value is -3.32. The minimum atomic E-state index is -0.789. The molecule has 0 saturated carbocycles. The number of benzene rings is 2. The second kappa shape index (κ2) is 10.7. The predicted octanol–water partition coefficient (Wildman–Crippen LogP) is 4.29. The molecular formula is C27H34N2O5. The van der Waals surface area contributed by atoms with Gasteiger partial charge < -0.3 is 24.7 Å². The van der Waals surface area contributed by atoms with E-state index >= 15 is 0 Å². The third-order valence-electron chi connectivity index (χ3n) is 5.94. The van der Waals surface area contributed by atoms with Gasteiger partial charge in [-0.2, -0.15) is 0 Å². The summed E-state index contributed by atoms with van der Waals surface area (Å²) in [4.78, 5) is 29.7. The normalized spacial score (nSPS) is 17.7. The molecule has 1 saturated heterocycles. The van der Waals surface area contributed by atoms with Crippen LogP contribution in [0.15, 0.2) is 48.0 Å². The first-order valence-corrected chi connectivity index (χ1v) is 11.6. The highest BCUT2D eigenvalue weighted by molar-refractivity contribution is 6.46. The fourth-order valence-electron chi connectivity index (χ4n) is 4.30. The second-order valence-corrected chi connectivity index (χ2v) is 9.08. The van der Waals surface area contributed by atoms with E-state index in [1.54, 1.807) is 24.3 Å². The van der Waals surface area contributed by atoms with E-state index in [1.165, 1.54) is 17.0 Å². The van der Waals surface area contributed by atoms with Gasteiger partial charge in [0.15, 0.2) is 0 Å². The van der Waals surface area contributed by atoms with Crippen molar-refractivity contribution in [1.82, 2.24) is 9.80 Å². The van der Waals surface area contributed by atoms with Crippen molar-refractivity contribution in [2.24, 2.45) is 0 Å². The van der Waals surface area contributed by atoms with Gasteiger partial charge in [-0.25, -0.2) is 0 Å². The number of Topliss-reactive ketones (excluding diaryl/α,β-unsaturated/α-hetero) is 1. The predicted molar refractivity (Wildman–Crippen MR) is 132 cm³/mol. The molecular weight excluding hydrogens is 432 g/mol. The smallest absolute Gasteiger partial charge is 0.295 e. The van der Waals surface area contributed by atoms with Crippen molar-refractivity contribution in [3.05, 3.63) is 64.7 Å². The average molecular weight is 467 g/mol. The molecule has 0 aliphatic carbocycles. The van der Waals surface area contributed by atoms with E-state index in [4.69, 9.17) is 4.74 Å². The van der Waals surface area contributed by atoms with Gasteiger partial charge in [0.2, 0.25) is 0 Å². The van der Waals surface area contributed by atoms with Crippen LogP contribution in [0.25, 0.3) is 5.76 Å². The largest absolute Gasteiger partial charge is 0.508 e. The number of aromatic hydroxyl groups is 1. The number of amides is 1. The highest BCUT2D eigenvalue weighted by Gasteiger charge is 2.45. The van der Waals surface area contributed by atoms with Crippen molar-refractivity contribution in [2.45, 2.75) is 39.2 Å². The topological polar surface area (TPSA) is 90.3 Å². The number of carbonyl (C=O) groups excluding carboxylic acids is 2. The second-order valence-electron chi connectivity index (χ2n) is 9.08. The van der Waals surface area contributed by atoms with Crippen LogP contribution in [0.2, 0.25) is 0 Å². The van der Waals surface area contributed by atoms with Gasteiger partial charge in [0, 0.05) is 12.1 Å². The quantitative estimate of drug-likeness (QED) is 0.326. The lowest BCUT2D eigenvalue weighted by Crippen LogP contribution is -2.32. The summed E-state index contributed by atoms with van der Waals surface area (Å²) in [5.74, 6) is -0.724. The zero-order valence-electron chi connectivity index (χ0n) is 20.5. The molecule has 2 aromatic carbocycles. The number of ketones is 1. The molecule has 34 heavy (non-hydrogen) atoms. The number of rotatable bonds is 9. The van der Waals surface area contributed by atoms with E-state index in [9.17, 15) is 19.8 Å². The van der Waals surface area contributed by atoms with E-state index in [-0.39, 0.29) is 23.0 Å². The molecule has 1 unspecified atom stereocenters. The number of hydrogen-bond acceptors (Lipinski definition) is 6. The number of phenols is 1. The molecule has 1 atom stereocenters. The molecule has 1 aliphatic rings. The number of aliphatic hydroxyl groups is 1. The van der Waals surface area contributed by atoms with Gasteiger partial charge in [0.1, 0.15) is 17.3 Å². The van der Waals surface area contributed by atoms with Crippen molar-refractivity contribution in [1.29, 1.82) is 0 Å². The average Bonchev–Trinajstić information content (AvgIpc) is 3.03. The summed E-state index contributed by atoms with van der Waals surface area (Å²) in [7, 11) is 3.89. The number of aliphatic hydroxyl groups excluding tert-OH is 1. The van der Waals surface area contributed by atoms with Crippen molar-refractivity contribution < 1.29 is 24.5 Å². The standard InChI is InChI=1S/C27H34N2O5/c1-6-34-22-12-11-19(16-21(22)17(2)3)25(31)23-24(18-9-7-10-20(30)15-18)29(27(33)26(23)32)14-8-13-28(4)5/h7,9-12,15-17,24,30-31H,6,8,13-14H2,1-5H3/b25-23-. The maximum Gasteiger partial charge on any atom is 0.295 e. The van der Waals surface area contributed by atoms with E-state index < -0.39 is 17.7 Å². The molecule has 2 N–H and O–H groups in total. The first-order chi connectivity index (χ1) is 16.1. The minimum absolute atomic E-state index is 0.0271. The number of phenolic OH excluding ortho intramolecular Hbond substituents is 1.